The summed E-state index contributed by atoms with van der Waals surface area (Å²) in [4.78, 5) is 32.0. The normalized spacial score (nSPS) is 18.0. The third-order valence-electron chi connectivity index (χ3n) is 7.91. The van der Waals surface area contributed by atoms with E-state index in [1.165, 1.54) is 31.2 Å². The first kappa shape index (κ1) is 26.8. The van der Waals surface area contributed by atoms with Crippen molar-refractivity contribution in [1.82, 2.24) is 29.3 Å². The molecule has 4 heterocycles. The SMILES string of the molecule is C=CCn1c(=O)c2cnc(Nc3ccc(C4CCC(C(C)C)CC4)cn3)nc2n1-c1cccc(C(C)(C)C)n1. The molecule has 8 nitrogen and oxygen atoms in total. The molecular formula is C31H39N7O. The third kappa shape index (κ3) is 5.51. The Balaban J connectivity index is 1.44. The van der Waals surface area contributed by atoms with E-state index in [1.54, 1.807) is 21.6 Å². The molecule has 8 heteroatoms. The van der Waals surface area contributed by atoms with E-state index in [2.05, 4.69) is 62.5 Å². The van der Waals surface area contributed by atoms with Gasteiger partial charge in [-0.1, -0.05) is 52.8 Å². The van der Waals surface area contributed by atoms with Gasteiger partial charge in [-0.3, -0.25) is 4.79 Å². The lowest BCUT2D eigenvalue weighted by atomic mass is 9.75. The van der Waals surface area contributed by atoms with Crippen LogP contribution in [0.4, 0.5) is 11.8 Å². The molecule has 0 atom stereocenters. The number of anilines is 2. The molecule has 1 fully saturated rings. The monoisotopic (exact) mass is 525 g/mol. The van der Waals surface area contributed by atoms with Crippen molar-refractivity contribution in [1.29, 1.82) is 0 Å². The van der Waals surface area contributed by atoms with Gasteiger partial charge in [0.1, 0.15) is 11.2 Å². The van der Waals surface area contributed by atoms with Crippen LogP contribution in [0, 0.1) is 11.8 Å². The lowest BCUT2D eigenvalue weighted by Gasteiger charge is -2.31. The number of hydrogen-bond acceptors (Lipinski definition) is 6. The molecule has 0 amide bonds. The van der Waals surface area contributed by atoms with E-state index in [-0.39, 0.29) is 11.0 Å². The van der Waals surface area contributed by atoms with Gasteiger partial charge in [0.2, 0.25) is 5.95 Å². The van der Waals surface area contributed by atoms with E-state index < -0.39 is 0 Å². The highest BCUT2D eigenvalue weighted by Crippen LogP contribution is 2.38. The number of pyridine rings is 2. The van der Waals surface area contributed by atoms with Crippen molar-refractivity contribution in [2.75, 3.05) is 5.32 Å². The van der Waals surface area contributed by atoms with Crippen molar-refractivity contribution in [2.24, 2.45) is 11.8 Å². The van der Waals surface area contributed by atoms with Crippen LogP contribution in [0.2, 0.25) is 0 Å². The number of allylic oxidation sites excluding steroid dienone is 1. The summed E-state index contributed by atoms with van der Waals surface area (Å²) in [7, 11) is 0. The second-order valence-corrected chi connectivity index (χ2v) is 12.0. The zero-order valence-corrected chi connectivity index (χ0v) is 23.7. The van der Waals surface area contributed by atoms with Crippen LogP contribution < -0.4 is 10.9 Å². The van der Waals surface area contributed by atoms with Crippen molar-refractivity contribution in [3.05, 3.63) is 77.0 Å². The molecule has 0 unspecified atom stereocenters. The summed E-state index contributed by atoms with van der Waals surface area (Å²) < 4.78 is 3.34. The first-order valence-electron chi connectivity index (χ1n) is 14.0. The summed E-state index contributed by atoms with van der Waals surface area (Å²) in [5, 5.41) is 3.65. The average molecular weight is 526 g/mol. The number of nitrogens with zero attached hydrogens (tertiary/aromatic N) is 6. The average Bonchev–Trinajstić information content (AvgIpc) is 3.19. The minimum absolute atomic E-state index is 0.143. The molecule has 1 aliphatic rings. The first-order chi connectivity index (χ1) is 18.7. The van der Waals surface area contributed by atoms with Gasteiger partial charge in [-0.15, -0.1) is 6.58 Å². The van der Waals surface area contributed by atoms with Crippen molar-refractivity contribution in [2.45, 2.75) is 78.2 Å². The van der Waals surface area contributed by atoms with Gasteiger partial charge >= 0.3 is 0 Å². The van der Waals surface area contributed by atoms with Gasteiger partial charge in [-0.05, 0) is 67.2 Å². The van der Waals surface area contributed by atoms with Crippen LogP contribution in [0.5, 0.6) is 0 Å². The molecule has 0 radical (unpaired) electrons. The van der Waals surface area contributed by atoms with E-state index in [9.17, 15) is 4.79 Å². The quantitative estimate of drug-likeness (QED) is 0.276. The lowest BCUT2D eigenvalue weighted by Crippen LogP contribution is -2.23. The standard InChI is InChI=1S/C31H39N7O/c1-7-17-37-29(39)24-19-33-30(36-28(24)38(37)27-10-8-9-25(34-27)31(4,5)6)35-26-16-15-23(18-32-26)22-13-11-21(12-14-22)20(2)3/h7-10,15-16,18-22H,1,11-14,17H2,2-6H3,(H,32,33,35,36). The number of rotatable bonds is 7. The van der Waals surface area contributed by atoms with Gasteiger partial charge in [0.15, 0.2) is 11.5 Å². The molecule has 0 bridgehead atoms. The maximum Gasteiger partial charge on any atom is 0.278 e. The van der Waals surface area contributed by atoms with E-state index >= 15 is 0 Å². The fourth-order valence-corrected chi connectivity index (χ4v) is 5.52. The maximum absolute atomic E-state index is 13.3. The molecule has 0 aromatic carbocycles. The summed E-state index contributed by atoms with van der Waals surface area (Å²) >= 11 is 0. The molecule has 5 rings (SSSR count). The molecule has 4 aromatic heterocycles. The van der Waals surface area contributed by atoms with Crippen molar-refractivity contribution < 1.29 is 0 Å². The molecule has 0 spiro atoms. The molecule has 39 heavy (non-hydrogen) atoms. The topological polar surface area (TPSA) is 90.5 Å². The van der Waals surface area contributed by atoms with E-state index in [0.29, 0.717) is 41.1 Å². The molecule has 1 N–H and O–H groups in total. The summed E-state index contributed by atoms with van der Waals surface area (Å²) in [5.74, 6) is 3.83. The summed E-state index contributed by atoms with van der Waals surface area (Å²) in [6, 6.07) is 9.99. The molecule has 4 aromatic rings. The van der Waals surface area contributed by atoms with Crippen molar-refractivity contribution in [3.8, 4) is 5.82 Å². The Morgan fingerprint density at radius 3 is 2.46 bits per heavy atom. The molecule has 1 aliphatic carbocycles. The number of nitrogens with one attached hydrogen (secondary N) is 1. The third-order valence-corrected chi connectivity index (χ3v) is 7.91. The predicted octanol–water partition coefficient (Wildman–Crippen LogP) is 6.53. The largest absolute Gasteiger partial charge is 0.309 e. The van der Waals surface area contributed by atoms with Crippen LogP contribution >= 0.6 is 0 Å². The molecule has 204 valence electrons. The van der Waals surface area contributed by atoms with Crippen LogP contribution in [0.15, 0.2) is 60.2 Å². The van der Waals surface area contributed by atoms with Gasteiger partial charge in [-0.2, -0.15) is 4.98 Å². The highest BCUT2D eigenvalue weighted by atomic mass is 16.1. The van der Waals surface area contributed by atoms with Crippen molar-refractivity contribution in [3.63, 3.8) is 0 Å². The second kappa shape index (κ2) is 10.8. The predicted molar refractivity (Wildman–Crippen MR) is 157 cm³/mol. The van der Waals surface area contributed by atoms with E-state index in [0.717, 1.165) is 17.5 Å². The Kier molecular flexibility index (Phi) is 7.38. The second-order valence-electron chi connectivity index (χ2n) is 12.0. The minimum atomic E-state index is -0.186. The fraction of sp³-hybridized carbons (Fsp3) is 0.452. The first-order valence-corrected chi connectivity index (χ1v) is 14.0. The van der Waals surface area contributed by atoms with Crippen LogP contribution in [-0.2, 0) is 12.0 Å². The van der Waals surface area contributed by atoms with Gasteiger partial charge < -0.3 is 5.32 Å². The smallest absolute Gasteiger partial charge is 0.278 e. The van der Waals surface area contributed by atoms with E-state index in [4.69, 9.17) is 9.97 Å². The summed E-state index contributed by atoms with van der Waals surface area (Å²) in [5.41, 5.74) is 2.37. The van der Waals surface area contributed by atoms with Gasteiger partial charge in [0.05, 0.1) is 6.54 Å². The Labute approximate surface area is 230 Å². The highest BCUT2D eigenvalue weighted by Gasteiger charge is 2.25. The Bertz CT molecular complexity index is 1520. The lowest BCUT2D eigenvalue weighted by molar-refractivity contribution is 0.258. The molecular weight excluding hydrogens is 486 g/mol. The maximum atomic E-state index is 13.3. The van der Waals surface area contributed by atoms with E-state index in [1.807, 2.05) is 30.5 Å². The Hall–Kier alpha value is -3.81. The fourth-order valence-electron chi connectivity index (χ4n) is 5.52. The van der Waals surface area contributed by atoms with Crippen LogP contribution in [0.3, 0.4) is 0 Å². The van der Waals surface area contributed by atoms with Gasteiger partial charge in [-0.25, -0.2) is 24.3 Å². The summed E-state index contributed by atoms with van der Waals surface area (Å²) in [6.45, 7) is 15.2. The zero-order valence-electron chi connectivity index (χ0n) is 23.7. The number of hydrogen-bond donors (Lipinski definition) is 1. The zero-order chi connectivity index (χ0) is 27.7. The highest BCUT2D eigenvalue weighted by molar-refractivity contribution is 5.76. The minimum Gasteiger partial charge on any atom is -0.309 e. The summed E-state index contributed by atoms with van der Waals surface area (Å²) in [6.07, 6.45) is 10.3. The molecule has 0 aliphatic heterocycles. The van der Waals surface area contributed by atoms with Crippen LogP contribution in [-0.4, -0.2) is 29.3 Å². The number of fused-ring (bicyclic) bond motifs is 1. The van der Waals surface area contributed by atoms with Crippen molar-refractivity contribution >= 4 is 22.8 Å². The van der Waals surface area contributed by atoms with Crippen LogP contribution in [0.1, 0.15) is 77.5 Å². The molecule has 1 saturated carbocycles. The van der Waals surface area contributed by atoms with Gasteiger partial charge in [0, 0.05) is 23.5 Å². The van der Waals surface area contributed by atoms with Gasteiger partial charge in [0.25, 0.3) is 5.56 Å². The Morgan fingerprint density at radius 2 is 1.82 bits per heavy atom. The molecule has 0 saturated heterocycles. The Morgan fingerprint density at radius 1 is 1.05 bits per heavy atom. The number of aromatic nitrogens is 6. The van der Waals surface area contributed by atoms with Crippen LogP contribution in [0.25, 0.3) is 16.9 Å².